The van der Waals surface area contributed by atoms with Gasteiger partial charge in [-0.15, -0.1) is 24.0 Å². The molecule has 0 saturated carbocycles. The van der Waals surface area contributed by atoms with E-state index in [-0.39, 0.29) is 30.0 Å². The number of benzene rings is 2. The number of ether oxygens (including phenoxy) is 2. The van der Waals surface area contributed by atoms with Crippen molar-refractivity contribution in [1.82, 2.24) is 15.5 Å². The molecule has 1 fully saturated rings. The summed E-state index contributed by atoms with van der Waals surface area (Å²) in [5.74, 6) is 1.67. The van der Waals surface area contributed by atoms with Gasteiger partial charge in [-0.3, -0.25) is 9.89 Å². The minimum absolute atomic E-state index is 0. The zero-order chi connectivity index (χ0) is 21.3. The molecule has 6 nitrogen and oxygen atoms in total. The van der Waals surface area contributed by atoms with Crippen LogP contribution in [0, 0.1) is 13.8 Å². The Kier molecular flexibility index (Phi) is 10.6. The standard InChI is InChI=1S/C24H34N4O2.HI/c1-18-5-8-20(9-6-18)22(28-11-13-30-14-12-28)17-27-24(25-3)26-16-21-10-7-19(2)15-23(21)29-4;/h5-10,15,22H,11-14,16-17H2,1-4H3,(H2,25,26,27);1H. The first-order valence-corrected chi connectivity index (χ1v) is 10.6. The molecule has 0 amide bonds. The van der Waals surface area contributed by atoms with E-state index >= 15 is 0 Å². The molecule has 0 aromatic heterocycles. The molecular weight excluding hydrogens is 503 g/mol. The molecule has 0 aliphatic carbocycles. The van der Waals surface area contributed by atoms with Crippen molar-refractivity contribution in [2.45, 2.75) is 26.4 Å². The molecule has 1 aliphatic rings. The van der Waals surface area contributed by atoms with Gasteiger partial charge >= 0.3 is 0 Å². The van der Waals surface area contributed by atoms with Crippen LogP contribution in [0.4, 0.5) is 0 Å². The van der Waals surface area contributed by atoms with Crippen LogP contribution < -0.4 is 15.4 Å². The molecule has 0 bridgehead atoms. The highest BCUT2D eigenvalue weighted by molar-refractivity contribution is 14.0. The number of halogens is 1. The summed E-state index contributed by atoms with van der Waals surface area (Å²) in [4.78, 5) is 6.90. The summed E-state index contributed by atoms with van der Waals surface area (Å²) in [6.45, 7) is 9.04. The molecule has 170 valence electrons. The zero-order valence-corrected chi connectivity index (χ0v) is 21.3. The number of rotatable bonds is 7. The van der Waals surface area contributed by atoms with Gasteiger partial charge in [0.2, 0.25) is 0 Å². The predicted octanol–water partition coefficient (Wildman–Crippen LogP) is 3.67. The van der Waals surface area contributed by atoms with E-state index in [4.69, 9.17) is 9.47 Å². The molecule has 31 heavy (non-hydrogen) atoms. The normalized spacial score (nSPS) is 15.7. The van der Waals surface area contributed by atoms with Crippen LogP contribution in [0.1, 0.15) is 28.3 Å². The Morgan fingerprint density at radius 2 is 1.74 bits per heavy atom. The number of hydrogen-bond acceptors (Lipinski definition) is 4. The smallest absolute Gasteiger partial charge is 0.191 e. The maximum absolute atomic E-state index is 5.56. The molecule has 2 aromatic rings. The molecule has 2 aromatic carbocycles. The Balaban J connectivity index is 0.00000341. The molecule has 0 spiro atoms. The predicted molar refractivity (Wildman–Crippen MR) is 138 cm³/mol. The van der Waals surface area contributed by atoms with Crippen molar-refractivity contribution in [3.63, 3.8) is 0 Å². The van der Waals surface area contributed by atoms with Crippen LogP contribution in [0.5, 0.6) is 5.75 Å². The first kappa shape index (κ1) is 25.4. The van der Waals surface area contributed by atoms with E-state index in [1.165, 1.54) is 16.7 Å². The van der Waals surface area contributed by atoms with Crippen molar-refractivity contribution in [2.24, 2.45) is 4.99 Å². The molecule has 3 rings (SSSR count). The lowest BCUT2D eigenvalue weighted by atomic mass is 10.0. The van der Waals surface area contributed by atoms with E-state index in [0.717, 1.165) is 50.1 Å². The molecule has 1 unspecified atom stereocenters. The molecule has 1 heterocycles. The van der Waals surface area contributed by atoms with Crippen molar-refractivity contribution in [3.05, 3.63) is 64.7 Å². The van der Waals surface area contributed by atoms with E-state index in [2.05, 4.69) is 76.8 Å². The first-order valence-electron chi connectivity index (χ1n) is 10.6. The third-order valence-electron chi connectivity index (χ3n) is 5.52. The van der Waals surface area contributed by atoms with Crippen LogP contribution in [0.25, 0.3) is 0 Å². The van der Waals surface area contributed by atoms with Crippen molar-refractivity contribution in [2.75, 3.05) is 47.0 Å². The largest absolute Gasteiger partial charge is 0.496 e. The van der Waals surface area contributed by atoms with Gasteiger partial charge in [0, 0.05) is 38.8 Å². The highest BCUT2D eigenvalue weighted by Gasteiger charge is 2.23. The number of guanidine groups is 1. The molecule has 1 saturated heterocycles. The Bertz CT molecular complexity index is 836. The zero-order valence-electron chi connectivity index (χ0n) is 19.0. The summed E-state index contributed by atoms with van der Waals surface area (Å²) < 4.78 is 11.1. The van der Waals surface area contributed by atoms with Gasteiger partial charge in [0.05, 0.1) is 26.4 Å². The number of nitrogens with zero attached hydrogens (tertiary/aromatic N) is 2. The number of methoxy groups -OCH3 is 1. The second-order valence-electron chi connectivity index (χ2n) is 7.70. The lowest BCUT2D eigenvalue weighted by Gasteiger charge is -2.35. The average molecular weight is 538 g/mol. The first-order chi connectivity index (χ1) is 14.6. The summed E-state index contributed by atoms with van der Waals surface area (Å²) in [5, 5.41) is 6.93. The number of nitrogens with one attached hydrogen (secondary N) is 2. The fraction of sp³-hybridized carbons (Fsp3) is 0.458. The number of aryl methyl sites for hydroxylation is 2. The number of aliphatic imine (C=N–C) groups is 1. The Morgan fingerprint density at radius 3 is 2.39 bits per heavy atom. The Hall–Kier alpha value is -1.84. The topological polar surface area (TPSA) is 58.1 Å². The second-order valence-corrected chi connectivity index (χ2v) is 7.70. The van der Waals surface area contributed by atoms with Crippen LogP contribution >= 0.6 is 24.0 Å². The van der Waals surface area contributed by atoms with E-state index in [0.29, 0.717) is 6.54 Å². The van der Waals surface area contributed by atoms with E-state index < -0.39 is 0 Å². The SMILES string of the molecule is CN=C(NCc1ccc(C)cc1OC)NCC(c1ccc(C)cc1)N1CCOCC1.I. The fourth-order valence-corrected chi connectivity index (χ4v) is 3.73. The number of morpholine rings is 1. The summed E-state index contributed by atoms with van der Waals surface area (Å²) in [6.07, 6.45) is 0. The van der Waals surface area contributed by atoms with Crippen LogP contribution in [0.3, 0.4) is 0 Å². The summed E-state index contributed by atoms with van der Waals surface area (Å²) >= 11 is 0. The second kappa shape index (κ2) is 12.9. The van der Waals surface area contributed by atoms with Crippen LogP contribution in [-0.2, 0) is 11.3 Å². The van der Waals surface area contributed by atoms with Gasteiger partial charge in [0.25, 0.3) is 0 Å². The molecule has 2 N–H and O–H groups in total. The highest BCUT2D eigenvalue weighted by Crippen LogP contribution is 2.22. The Labute approximate surface area is 203 Å². The van der Waals surface area contributed by atoms with E-state index in [1.54, 1.807) is 14.2 Å². The van der Waals surface area contributed by atoms with E-state index in [9.17, 15) is 0 Å². The van der Waals surface area contributed by atoms with Crippen molar-refractivity contribution < 1.29 is 9.47 Å². The summed E-state index contributed by atoms with van der Waals surface area (Å²) in [6, 6.07) is 15.3. The average Bonchev–Trinajstić information content (AvgIpc) is 2.78. The van der Waals surface area contributed by atoms with Gasteiger partial charge in [0.15, 0.2) is 5.96 Å². The third kappa shape index (κ3) is 7.36. The van der Waals surface area contributed by atoms with Crippen molar-refractivity contribution in [3.8, 4) is 5.75 Å². The van der Waals surface area contributed by atoms with Crippen LogP contribution in [0.15, 0.2) is 47.5 Å². The van der Waals surface area contributed by atoms with Gasteiger partial charge < -0.3 is 20.1 Å². The van der Waals surface area contributed by atoms with Gasteiger partial charge in [-0.25, -0.2) is 0 Å². The van der Waals surface area contributed by atoms with Crippen LogP contribution in [0.2, 0.25) is 0 Å². The minimum atomic E-state index is 0. The maximum Gasteiger partial charge on any atom is 0.191 e. The van der Waals surface area contributed by atoms with Gasteiger partial charge in [-0.1, -0.05) is 42.0 Å². The quantitative estimate of drug-likeness (QED) is 0.320. The van der Waals surface area contributed by atoms with Gasteiger partial charge in [-0.2, -0.15) is 0 Å². The molecule has 0 radical (unpaired) electrons. The summed E-state index contributed by atoms with van der Waals surface area (Å²) in [7, 11) is 3.51. The fourth-order valence-electron chi connectivity index (χ4n) is 3.73. The van der Waals surface area contributed by atoms with Gasteiger partial charge in [0.1, 0.15) is 5.75 Å². The van der Waals surface area contributed by atoms with Gasteiger partial charge in [-0.05, 0) is 31.0 Å². The monoisotopic (exact) mass is 538 g/mol. The van der Waals surface area contributed by atoms with Crippen molar-refractivity contribution in [1.29, 1.82) is 0 Å². The molecule has 1 aliphatic heterocycles. The highest BCUT2D eigenvalue weighted by atomic mass is 127. The lowest BCUT2D eigenvalue weighted by Crippen LogP contribution is -2.46. The number of hydrogen-bond donors (Lipinski definition) is 2. The Morgan fingerprint density at radius 1 is 1.06 bits per heavy atom. The van der Waals surface area contributed by atoms with Crippen molar-refractivity contribution >= 4 is 29.9 Å². The van der Waals surface area contributed by atoms with Crippen LogP contribution in [-0.4, -0.2) is 57.9 Å². The molecular formula is C24H35IN4O2. The maximum atomic E-state index is 5.56. The minimum Gasteiger partial charge on any atom is -0.496 e. The third-order valence-corrected chi connectivity index (χ3v) is 5.52. The summed E-state index contributed by atoms with van der Waals surface area (Å²) in [5.41, 5.74) is 4.88. The van der Waals surface area contributed by atoms with E-state index in [1.807, 2.05) is 0 Å². The lowest BCUT2D eigenvalue weighted by molar-refractivity contribution is 0.0170. The molecule has 7 heteroatoms. The molecule has 1 atom stereocenters.